The fourth-order valence-electron chi connectivity index (χ4n) is 2.90. The van der Waals surface area contributed by atoms with Gasteiger partial charge in [0.2, 0.25) is 9.84 Å². The molecule has 0 saturated heterocycles. The van der Waals surface area contributed by atoms with Crippen LogP contribution < -0.4 is 10.5 Å². The Morgan fingerprint density at radius 1 is 1.06 bits per heavy atom. The van der Waals surface area contributed by atoms with Crippen molar-refractivity contribution in [1.29, 1.82) is 0 Å². The van der Waals surface area contributed by atoms with E-state index in [1.165, 1.54) is 11.7 Å². The summed E-state index contributed by atoms with van der Waals surface area (Å²) in [4.78, 5) is 11.4. The van der Waals surface area contributed by atoms with Crippen molar-refractivity contribution in [3.63, 3.8) is 0 Å². The van der Waals surface area contributed by atoms with Gasteiger partial charge in [0.15, 0.2) is 0 Å². The van der Waals surface area contributed by atoms with E-state index in [1.807, 2.05) is 30.3 Å². The van der Waals surface area contributed by atoms with Crippen LogP contribution in [0.1, 0.15) is 17.8 Å². The summed E-state index contributed by atoms with van der Waals surface area (Å²) in [7, 11) is -2.68. The zero-order valence-corrected chi connectivity index (χ0v) is 17.9. The summed E-state index contributed by atoms with van der Waals surface area (Å²) in [5.74, 6) is 0.00333. The summed E-state index contributed by atoms with van der Waals surface area (Å²) in [6.45, 7) is 0.691. The molecule has 10 heteroatoms. The molecule has 0 unspecified atom stereocenters. The van der Waals surface area contributed by atoms with Gasteiger partial charge in [-0.1, -0.05) is 30.3 Å². The highest BCUT2D eigenvalue weighted by Crippen LogP contribution is 2.22. The van der Waals surface area contributed by atoms with E-state index in [9.17, 15) is 13.2 Å². The molecule has 3 aromatic rings. The Balaban J connectivity index is 1.85. The molecule has 164 valence electrons. The van der Waals surface area contributed by atoms with Gasteiger partial charge in [0.25, 0.3) is 5.16 Å². The molecule has 0 amide bonds. The summed E-state index contributed by atoms with van der Waals surface area (Å²) < 4.78 is 37.4. The number of nitrogens with zero attached hydrogens (tertiary/aromatic N) is 3. The van der Waals surface area contributed by atoms with Gasteiger partial charge in [0.1, 0.15) is 18.2 Å². The third kappa shape index (κ3) is 5.68. The highest BCUT2D eigenvalue weighted by Gasteiger charge is 2.26. The Hall–Kier alpha value is -3.24. The lowest BCUT2D eigenvalue weighted by atomic mass is 10.2. The molecule has 0 saturated carbocycles. The second-order valence-corrected chi connectivity index (χ2v) is 8.69. The van der Waals surface area contributed by atoms with Crippen molar-refractivity contribution in [3.05, 3.63) is 66.0 Å². The van der Waals surface area contributed by atoms with E-state index in [0.29, 0.717) is 30.3 Å². The van der Waals surface area contributed by atoms with Crippen molar-refractivity contribution in [2.75, 3.05) is 19.4 Å². The molecule has 1 aromatic heterocycles. The minimum Gasteiger partial charge on any atom is -0.489 e. The third-order valence-electron chi connectivity index (χ3n) is 4.49. The zero-order chi connectivity index (χ0) is 22.3. The van der Waals surface area contributed by atoms with Crippen LogP contribution in [0.15, 0.2) is 59.8 Å². The number of rotatable bonds is 10. The van der Waals surface area contributed by atoms with E-state index < -0.39 is 21.6 Å². The molecule has 9 nitrogen and oxygen atoms in total. The molecule has 3 rings (SSSR count). The molecule has 0 fully saturated rings. The number of esters is 1. The molecule has 0 bridgehead atoms. The van der Waals surface area contributed by atoms with E-state index in [2.05, 4.69) is 14.9 Å². The van der Waals surface area contributed by atoms with Gasteiger partial charge >= 0.3 is 5.97 Å². The Morgan fingerprint density at radius 3 is 2.42 bits per heavy atom. The van der Waals surface area contributed by atoms with E-state index in [0.717, 1.165) is 5.56 Å². The molecular weight excluding hydrogens is 420 g/mol. The van der Waals surface area contributed by atoms with E-state index in [1.54, 1.807) is 24.3 Å². The van der Waals surface area contributed by atoms with Gasteiger partial charge in [-0.2, -0.15) is 0 Å². The number of methoxy groups -OCH3 is 1. The topological polar surface area (TPSA) is 126 Å². The van der Waals surface area contributed by atoms with Crippen molar-refractivity contribution in [1.82, 2.24) is 14.8 Å². The maximum Gasteiger partial charge on any atom is 0.306 e. The second kappa shape index (κ2) is 10.2. The molecule has 0 radical (unpaired) electrons. The summed E-state index contributed by atoms with van der Waals surface area (Å²) in [6.07, 6.45) is 0.0654. The fraction of sp³-hybridized carbons (Fsp3) is 0.286. The van der Waals surface area contributed by atoms with Crippen LogP contribution in [0.3, 0.4) is 0 Å². The van der Waals surface area contributed by atoms with Gasteiger partial charge in [0.05, 0.1) is 19.3 Å². The minimum atomic E-state index is -3.88. The number of hydrogen-bond acceptors (Lipinski definition) is 8. The molecular formula is C21H24N4O5S. The molecule has 0 spiro atoms. The number of nitrogens with two attached hydrogens (primary N) is 1. The maximum atomic E-state index is 12.8. The van der Waals surface area contributed by atoms with Crippen LogP contribution in [-0.2, 0) is 32.4 Å². The van der Waals surface area contributed by atoms with Gasteiger partial charge in [-0.15, -0.1) is 10.2 Å². The first kappa shape index (κ1) is 22.4. The molecule has 31 heavy (non-hydrogen) atoms. The van der Waals surface area contributed by atoms with Crippen LogP contribution >= 0.6 is 0 Å². The van der Waals surface area contributed by atoms with Crippen LogP contribution in [0.25, 0.3) is 5.69 Å². The van der Waals surface area contributed by atoms with Gasteiger partial charge in [-0.25, -0.2) is 8.42 Å². The van der Waals surface area contributed by atoms with Crippen molar-refractivity contribution >= 4 is 15.8 Å². The van der Waals surface area contributed by atoms with Crippen LogP contribution in [0.5, 0.6) is 5.75 Å². The van der Waals surface area contributed by atoms with Gasteiger partial charge in [-0.3, -0.25) is 9.36 Å². The predicted molar refractivity (Wildman–Crippen MR) is 114 cm³/mol. The van der Waals surface area contributed by atoms with Crippen molar-refractivity contribution in [2.24, 2.45) is 5.73 Å². The molecule has 0 aliphatic rings. The standard InChI is InChI=1S/C21H24N4O5S/c1-29-20(26)12-14-31(27,28)21-24-23-19(11-13-22)25(21)17-7-9-18(10-8-17)30-15-16-5-3-2-4-6-16/h2-10H,11-15,22H2,1H3. The smallest absolute Gasteiger partial charge is 0.306 e. The number of hydrogen-bond donors (Lipinski definition) is 1. The molecule has 2 aromatic carbocycles. The first-order chi connectivity index (χ1) is 14.9. The first-order valence-electron chi connectivity index (χ1n) is 9.65. The Morgan fingerprint density at radius 2 is 1.77 bits per heavy atom. The number of benzene rings is 2. The van der Waals surface area contributed by atoms with Crippen LogP contribution in [-0.4, -0.2) is 48.6 Å². The highest BCUT2D eigenvalue weighted by molar-refractivity contribution is 7.91. The fourth-order valence-corrected chi connectivity index (χ4v) is 4.17. The molecule has 0 atom stereocenters. The monoisotopic (exact) mass is 444 g/mol. The van der Waals surface area contributed by atoms with Crippen LogP contribution in [0.2, 0.25) is 0 Å². The quantitative estimate of drug-likeness (QED) is 0.468. The average molecular weight is 445 g/mol. The zero-order valence-electron chi connectivity index (χ0n) is 17.1. The number of sulfone groups is 1. The highest BCUT2D eigenvalue weighted by atomic mass is 32.2. The Kier molecular flexibility index (Phi) is 7.37. The SMILES string of the molecule is COC(=O)CCS(=O)(=O)c1nnc(CCN)n1-c1ccc(OCc2ccccc2)cc1. The predicted octanol–water partition coefficient (Wildman–Crippen LogP) is 1.68. The largest absolute Gasteiger partial charge is 0.489 e. The second-order valence-electron chi connectivity index (χ2n) is 6.69. The third-order valence-corrected chi connectivity index (χ3v) is 6.05. The summed E-state index contributed by atoms with van der Waals surface area (Å²) in [6, 6.07) is 16.7. The number of carbonyl (C=O) groups is 1. The lowest BCUT2D eigenvalue weighted by Gasteiger charge is -2.12. The summed E-state index contributed by atoms with van der Waals surface area (Å²) in [5.41, 5.74) is 7.24. The summed E-state index contributed by atoms with van der Waals surface area (Å²) in [5, 5.41) is 7.63. The first-order valence-corrected chi connectivity index (χ1v) is 11.3. The van der Waals surface area contributed by atoms with Crippen molar-refractivity contribution < 1.29 is 22.7 Å². The normalized spacial score (nSPS) is 11.3. The van der Waals surface area contributed by atoms with Crippen LogP contribution in [0, 0.1) is 0 Å². The lowest BCUT2D eigenvalue weighted by Crippen LogP contribution is -2.18. The number of carbonyl (C=O) groups excluding carboxylic acids is 1. The number of aromatic nitrogens is 3. The van der Waals surface area contributed by atoms with E-state index in [4.69, 9.17) is 10.5 Å². The van der Waals surface area contributed by atoms with E-state index in [-0.39, 0.29) is 18.1 Å². The van der Waals surface area contributed by atoms with Crippen molar-refractivity contribution in [2.45, 2.75) is 24.6 Å². The molecule has 1 heterocycles. The summed E-state index contributed by atoms with van der Waals surface area (Å²) >= 11 is 0. The lowest BCUT2D eigenvalue weighted by molar-refractivity contribution is -0.140. The average Bonchev–Trinajstić information content (AvgIpc) is 3.22. The van der Waals surface area contributed by atoms with E-state index >= 15 is 0 Å². The Bertz CT molecular complexity index is 1110. The number of ether oxygens (including phenoxy) is 2. The molecule has 0 aliphatic carbocycles. The van der Waals surface area contributed by atoms with Gasteiger partial charge in [-0.05, 0) is 36.4 Å². The molecule has 0 aliphatic heterocycles. The maximum absolute atomic E-state index is 12.8. The van der Waals surface area contributed by atoms with Crippen LogP contribution in [0.4, 0.5) is 0 Å². The Labute approximate surface area is 180 Å². The van der Waals surface area contributed by atoms with Crippen molar-refractivity contribution in [3.8, 4) is 11.4 Å². The minimum absolute atomic E-state index is 0.238. The van der Waals surface area contributed by atoms with Gasteiger partial charge in [0, 0.05) is 12.1 Å². The van der Waals surface area contributed by atoms with Gasteiger partial charge < -0.3 is 15.2 Å². The molecule has 2 N–H and O–H groups in total.